The van der Waals surface area contributed by atoms with Crippen LogP contribution in [0.2, 0.25) is 0 Å². The van der Waals surface area contributed by atoms with Gasteiger partial charge in [-0.25, -0.2) is 0 Å². The van der Waals surface area contributed by atoms with E-state index in [0.717, 1.165) is 24.1 Å². The van der Waals surface area contributed by atoms with Gasteiger partial charge in [-0.05, 0) is 17.5 Å². The van der Waals surface area contributed by atoms with Crippen molar-refractivity contribution in [1.82, 2.24) is 5.32 Å². The third-order valence-electron chi connectivity index (χ3n) is 2.36. The first kappa shape index (κ1) is 11.0. The predicted octanol–water partition coefficient (Wildman–Crippen LogP) is -2.04. The lowest BCUT2D eigenvalue weighted by Gasteiger charge is -2.23. The van der Waals surface area contributed by atoms with Crippen molar-refractivity contribution >= 4 is 5.97 Å². The second-order valence-electron chi connectivity index (χ2n) is 3.17. The number of carboxylic acids is 1. The second kappa shape index (κ2) is 4.44. The molecule has 1 aromatic rings. The Morgan fingerprint density at radius 3 is 2.86 bits per heavy atom. The van der Waals surface area contributed by atoms with Crippen LogP contribution in [0, 0.1) is 0 Å². The number of benzene rings is 1. The molecular formula is C10H11ClNO2-. The lowest BCUT2D eigenvalue weighted by Crippen LogP contribution is -3.00. The average molecular weight is 213 g/mol. The zero-order chi connectivity index (χ0) is 9.26. The van der Waals surface area contributed by atoms with Gasteiger partial charge in [-0.3, -0.25) is 4.79 Å². The van der Waals surface area contributed by atoms with E-state index in [9.17, 15) is 4.79 Å². The Morgan fingerprint density at radius 1 is 1.43 bits per heavy atom. The Bertz CT molecular complexity index is 341. The van der Waals surface area contributed by atoms with Crippen molar-refractivity contribution in [2.75, 3.05) is 6.54 Å². The molecule has 1 atom stereocenters. The van der Waals surface area contributed by atoms with Gasteiger partial charge in [0.2, 0.25) is 0 Å². The molecule has 1 aromatic carbocycles. The smallest absolute Gasteiger partial charge is 0.325 e. The summed E-state index contributed by atoms with van der Waals surface area (Å²) >= 11 is 0. The van der Waals surface area contributed by atoms with Crippen LogP contribution in [0.4, 0.5) is 0 Å². The molecule has 0 spiro atoms. The van der Waals surface area contributed by atoms with Crippen LogP contribution in [-0.2, 0) is 11.2 Å². The molecule has 0 fully saturated rings. The number of carboxylic acid groups (broad SMARTS) is 1. The largest absolute Gasteiger partial charge is 1.00 e. The summed E-state index contributed by atoms with van der Waals surface area (Å²) in [4.78, 5) is 10.9. The monoisotopic (exact) mass is 212 g/mol. The van der Waals surface area contributed by atoms with Crippen LogP contribution >= 0.6 is 0 Å². The van der Waals surface area contributed by atoms with Gasteiger partial charge >= 0.3 is 5.97 Å². The van der Waals surface area contributed by atoms with Crippen molar-refractivity contribution in [1.29, 1.82) is 0 Å². The van der Waals surface area contributed by atoms with Gasteiger partial charge in [-0.2, -0.15) is 0 Å². The first-order chi connectivity index (χ1) is 6.29. The van der Waals surface area contributed by atoms with Gasteiger partial charge in [0.15, 0.2) is 0 Å². The Kier molecular flexibility index (Phi) is 3.49. The molecule has 76 valence electrons. The lowest BCUT2D eigenvalue weighted by molar-refractivity contribution is -0.139. The fraction of sp³-hybridized carbons (Fsp3) is 0.300. The highest BCUT2D eigenvalue weighted by Crippen LogP contribution is 2.22. The Morgan fingerprint density at radius 2 is 2.14 bits per heavy atom. The first-order valence-corrected chi connectivity index (χ1v) is 4.33. The number of rotatable bonds is 1. The number of fused-ring (bicyclic) bond motifs is 1. The number of aliphatic carboxylic acids is 1. The number of halogens is 1. The van der Waals surface area contributed by atoms with E-state index in [4.69, 9.17) is 5.11 Å². The zero-order valence-electron chi connectivity index (χ0n) is 7.53. The van der Waals surface area contributed by atoms with Crippen molar-refractivity contribution in [2.24, 2.45) is 0 Å². The van der Waals surface area contributed by atoms with Crippen molar-refractivity contribution in [3.63, 3.8) is 0 Å². The van der Waals surface area contributed by atoms with E-state index >= 15 is 0 Å². The molecule has 1 aliphatic heterocycles. The maximum atomic E-state index is 10.9. The summed E-state index contributed by atoms with van der Waals surface area (Å²) in [5.41, 5.74) is 2.05. The molecule has 2 rings (SSSR count). The minimum atomic E-state index is -0.799. The number of carbonyl (C=O) groups is 1. The van der Waals surface area contributed by atoms with E-state index < -0.39 is 12.0 Å². The van der Waals surface area contributed by atoms with E-state index in [-0.39, 0.29) is 12.4 Å². The molecule has 0 radical (unpaired) electrons. The molecule has 14 heavy (non-hydrogen) atoms. The summed E-state index contributed by atoms with van der Waals surface area (Å²) in [6.45, 7) is 0.744. The normalized spacial score (nSPS) is 19.3. The van der Waals surface area contributed by atoms with Crippen molar-refractivity contribution in [2.45, 2.75) is 12.5 Å². The van der Waals surface area contributed by atoms with Crippen LogP contribution in [-0.4, -0.2) is 17.6 Å². The maximum absolute atomic E-state index is 10.9. The third-order valence-corrected chi connectivity index (χ3v) is 2.36. The fourth-order valence-corrected chi connectivity index (χ4v) is 1.72. The second-order valence-corrected chi connectivity index (χ2v) is 3.17. The summed E-state index contributed by atoms with van der Waals surface area (Å²) in [6.07, 6.45) is 0.917. The van der Waals surface area contributed by atoms with Crippen molar-refractivity contribution in [3.8, 4) is 0 Å². The molecule has 1 heterocycles. The van der Waals surface area contributed by atoms with Crippen LogP contribution in [0.3, 0.4) is 0 Å². The summed E-state index contributed by atoms with van der Waals surface area (Å²) in [6, 6.07) is 7.17. The number of hydrogen-bond donors (Lipinski definition) is 2. The van der Waals surface area contributed by atoms with Gasteiger partial charge < -0.3 is 22.8 Å². The topological polar surface area (TPSA) is 49.3 Å². The summed E-state index contributed by atoms with van der Waals surface area (Å²) in [7, 11) is 0. The lowest BCUT2D eigenvalue weighted by atomic mass is 9.95. The molecule has 0 saturated carbocycles. The summed E-state index contributed by atoms with van der Waals surface area (Å²) in [5, 5.41) is 11.9. The van der Waals surface area contributed by atoms with E-state index in [1.165, 1.54) is 0 Å². The fourth-order valence-electron chi connectivity index (χ4n) is 1.72. The molecule has 4 heteroatoms. The highest BCUT2D eigenvalue weighted by molar-refractivity contribution is 5.76. The van der Waals surface area contributed by atoms with Crippen LogP contribution < -0.4 is 17.7 Å². The van der Waals surface area contributed by atoms with Crippen LogP contribution in [0.1, 0.15) is 17.2 Å². The highest BCUT2D eigenvalue weighted by atomic mass is 35.5. The molecule has 2 N–H and O–H groups in total. The van der Waals surface area contributed by atoms with E-state index in [2.05, 4.69) is 5.32 Å². The molecule has 0 amide bonds. The zero-order valence-corrected chi connectivity index (χ0v) is 8.29. The Labute approximate surface area is 88.5 Å². The van der Waals surface area contributed by atoms with Crippen molar-refractivity contribution in [3.05, 3.63) is 35.4 Å². The van der Waals surface area contributed by atoms with E-state index in [1.54, 1.807) is 0 Å². The highest BCUT2D eigenvalue weighted by Gasteiger charge is 2.24. The quantitative estimate of drug-likeness (QED) is 0.564. The van der Waals surface area contributed by atoms with Crippen molar-refractivity contribution < 1.29 is 22.3 Å². The SMILES string of the molecule is O=C(O)C1NCCc2ccccc21.[Cl-]. The molecule has 1 unspecified atom stereocenters. The molecule has 0 bridgehead atoms. The third kappa shape index (κ3) is 1.89. The number of hydrogen-bond acceptors (Lipinski definition) is 2. The summed E-state index contributed by atoms with van der Waals surface area (Å²) < 4.78 is 0. The molecule has 0 aliphatic carbocycles. The minimum Gasteiger partial charge on any atom is -1.00 e. The average Bonchev–Trinajstić information content (AvgIpc) is 2.17. The summed E-state index contributed by atoms with van der Waals surface area (Å²) in [5.74, 6) is -0.799. The Balaban J connectivity index is 0.000000980. The molecule has 0 saturated heterocycles. The molecule has 3 nitrogen and oxygen atoms in total. The van der Waals surface area contributed by atoms with Gasteiger partial charge in [-0.15, -0.1) is 0 Å². The molecule has 1 aliphatic rings. The standard InChI is InChI=1S/C10H11NO2.ClH/c12-10(13)9-8-4-2-1-3-7(8)5-6-11-9;/h1-4,9,11H,5-6H2,(H,12,13);1H/p-1. The first-order valence-electron chi connectivity index (χ1n) is 4.33. The van der Waals surface area contributed by atoms with Crippen LogP contribution in [0.5, 0.6) is 0 Å². The predicted molar refractivity (Wildman–Crippen MR) is 48.5 cm³/mol. The maximum Gasteiger partial charge on any atom is 0.325 e. The van der Waals surface area contributed by atoms with E-state index in [1.807, 2.05) is 24.3 Å². The Hall–Kier alpha value is -1.06. The molecular weight excluding hydrogens is 202 g/mol. The van der Waals surface area contributed by atoms with E-state index in [0.29, 0.717) is 0 Å². The van der Waals surface area contributed by atoms with Crippen LogP contribution in [0.25, 0.3) is 0 Å². The van der Waals surface area contributed by atoms with Gasteiger partial charge in [0.05, 0.1) is 0 Å². The van der Waals surface area contributed by atoms with Gasteiger partial charge in [0.1, 0.15) is 6.04 Å². The number of nitrogens with one attached hydrogen (secondary N) is 1. The van der Waals surface area contributed by atoms with Gasteiger partial charge in [-0.1, -0.05) is 24.3 Å². The van der Waals surface area contributed by atoms with Gasteiger partial charge in [0, 0.05) is 6.54 Å². The van der Waals surface area contributed by atoms with Gasteiger partial charge in [0.25, 0.3) is 0 Å². The molecule has 0 aromatic heterocycles. The minimum absolute atomic E-state index is 0. The van der Waals surface area contributed by atoms with Crippen LogP contribution in [0.15, 0.2) is 24.3 Å².